The zero-order valence-electron chi connectivity index (χ0n) is 12.9. The predicted octanol–water partition coefficient (Wildman–Crippen LogP) is -2.21. The fraction of sp³-hybridized carbons (Fsp3) is 0.769. The highest BCUT2D eigenvalue weighted by Crippen LogP contribution is 2.06. The third kappa shape index (κ3) is 6.83. The minimum Gasteiger partial charge on any atom is -0.480 e. The number of rotatable bonds is 9. The van der Waals surface area contributed by atoms with Gasteiger partial charge in [0.05, 0.1) is 12.7 Å². The maximum atomic E-state index is 12.1. The Morgan fingerprint density at radius 3 is 2.00 bits per heavy atom. The Bertz CT molecular complexity index is 399. The molecule has 0 saturated carbocycles. The summed E-state index contributed by atoms with van der Waals surface area (Å²) < 4.78 is 0. The lowest BCUT2D eigenvalue weighted by Gasteiger charge is -2.24. The molecule has 7 N–H and O–H groups in total. The average Bonchev–Trinajstić information content (AvgIpc) is 2.41. The van der Waals surface area contributed by atoms with Crippen LogP contribution in [0.4, 0.5) is 0 Å². The number of carboxylic acids is 1. The van der Waals surface area contributed by atoms with Crippen molar-refractivity contribution >= 4 is 17.8 Å². The maximum Gasteiger partial charge on any atom is 0.326 e. The van der Waals surface area contributed by atoms with Crippen LogP contribution in [0.2, 0.25) is 0 Å². The molecule has 128 valence electrons. The number of carbonyl (C=O) groups is 3. The van der Waals surface area contributed by atoms with Crippen molar-refractivity contribution in [3.63, 3.8) is 0 Å². The molecule has 0 rings (SSSR count). The molecule has 0 heterocycles. The summed E-state index contributed by atoms with van der Waals surface area (Å²) in [5.74, 6) is -2.82. The Labute approximate surface area is 128 Å². The SMILES string of the molecule is CC(C)CC(NC(=O)C(NC(=O)C(N)CO)C(C)O)C(=O)O. The third-order valence-electron chi connectivity index (χ3n) is 2.92. The molecule has 0 saturated heterocycles. The van der Waals surface area contributed by atoms with Crippen molar-refractivity contribution in [2.45, 2.75) is 51.4 Å². The lowest BCUT2D eigenvalue weighted by molar-refractivity contribution is -0.143. The van der Waals surface area contributed by atoms with Gasteiger partial charge in [-0.15, -0.1) is 0 Å². The van der Waals surface area contributed by atoms with E-state index in [0.29, 0.717) is 0 Å². The van der Waals surface area contributed by atoms with Crippen LogP contribution in [0.1, 0.15) is 27.2 Å². The van der Waals surface area contributed by atoms with Crippen LogP contribution in [-0.4, -0.2) is 63.9 Å². The van der Waals surface area contributed by atoms with Crippen LogP contribution in [0.5, 0.6) is 0 Å². The van der Waals surface area contributed by atoms with Crippen molar-refractivity contribution in [2.75, 3.05) is 6.61 Å². The van der Waals surface area contributed by atoms with Gasteiger partial charge in [-0.05, 0) is 19.3 Å². The average molecular weight is 319 g/mol. The number of hydrogen-bond donors (Lipinski definition) is 6. The van der Waals surface area contributed by atoms with Crippen molar-refractivity contribution < 1.29 is 29.7 Å². The van der Waals surface area contributed by atoms with Crippen molar-refractivity contribution in [1.29, 1.82) is 0 Å². The van der Waals surface area contributed by atoms with E-state index < -0.39 is 48.6 Å². The Morgan fingerprint density at radius 1 is 1.09 bits per heavy atom. The van der Waals surface area contributed by atoms with Gasteiger partial charge in [0.25, 0.3) is 0 Å². The van der Waals surface area contributed by atoms with Gasteiger partial charge in [0.15, 0.2) is 0 Å². The largest absolute Gasteiger partial charge is 0.480 e. The lowest BCUT2D eigenvalue weighted by atomic mass is 10.0. The summed E-state index contributed by atoms with van der Waals surface area (Å²) in [5, 5.41) is 31.9. The number of aliphatic hydroxyl groups is 2. The quantitative estimate of drug-likeness (QED) is 0.280. The standard InChI is InChI=1S/C13H25N3O6/c1-6(2)4-9(13(21)22)15-12(20)10(7(3)18)16-11(19)8(14)5-17/h6-10,17-18H,4-5,14H2,1-3H3,(H,15,20)(H,16,19)(H,21,22). The minimum absolute atomic E-state index is 0.0313. The highest BCUT2D eigenvalue weighted by molar-refractivity contribution is 5.92. The molecule has 0 aliphatic heterocycles. The first-order valence-corrected chi connectivity index (χ1v) is 6.98. The van der Waals surface area contributed by atoms with E-state index in [1.807, 2.05) is 0 Å². The molecule has 0 aromatic carbocycles. The summed E-state index contributed by atoms with van der Waals surface area (Å²) in [4.78, 5) is 34.8. The molecule has 4 atom stereocenters. The summed E-state index contributed by atoms with van der Waals surface area (Å²) >= 11 is 0. The van der Waals surface area contributed by atoms with Crippen LogP contribution in [0.15, 0.2) is 0 Å². The number of hydrogen-bond acceptors (Lipinski definition) is 6. The van der Waals surface area contributed by atoms with Crippen molar-refractivity contribution in [3.8, 4) is 0 Å². The van der Waals surface area contributed by atoms with Gasteiger partial charge in [-0.3, -0.25) is 9.59 Å². The van der Waals surface area contributed by atoms with E-state index in [9.17, 15) is 19.5 Å². The molecule has 4 unspecified atom stereocenters. The molecule has 2 amide bonds. The van der Waals surface area contributed by atoms with Gasteiger partial charge in [0.2, 0.25) is 11.8 Å². The van der Waals surface area contributed by atoms with Gasteiger partial charge in [0.1, 0.15) is 18.1 Å². The Morgan fingerprint density at radius 2 is 1.64 bits per heavy atom. The van der Waals surface area contributed by atoms with E-state index in [-0.39, 0.29) is 12.3 Å². The van der Waals surface area contributed by atoms with E-state index in [2.05, 4.69) is 10.6 Å². The van der Waals surface area contributed by atoms with Gasteiger partial charge >= 0.3 is 5.97 Å². The zero-order valence-corrected chi connectivity index (χ0v) is 12.9. The number of nitrogens with two attached hydrogens (primary N) is 1. The van der Waals surface area contributed by atoms with E-state index in [4.69, 9.17) is 15.9 Å². The van der Waals surface area contributed by atoms with Gasteiger partial charge in [-0.25, -0.2) is 4.79 Å². The maximum absolute atomic E-state index is 12.1. The third-order valence-corrected chi connectivity index (χ3v) is 2.92. The molecule has 0 bridgehead atoms. The molecule has 0 aliphatic rings. The predicted molar refractivity (Wildman–Crippen MR) is 77.7 cm³/mol. The fourth-order valence-electron chi connectivity index (χ4n) is 1.70. The molecular weight excluding hydrogens is 294 g/mol. The molecule has 0 aromatic heterocycles. The number of aliphatic hydroxyl groups excluding tert-OH is 2. The summed E-state index contributed by atoms with van der Waals surface area (Å²) in [7, 11) is 0. The highest BCUT2D eigenvalue weighted by atomic mass is 16.4. The molecular formula is C13H25N3O6. The summed E-state index contributed by atoms with van der Waals surface area (Å²) in [6.45, 7) is 4.25. The second kappa shape index (κ2) is 9.34. The first-order chi connectivity index (χ1) is 10.1. The summed E-state index contributed by atoms with van der Waals surface area (Å²) in [6, 6.07) is -3.73. The number of amides is 2. The molecule has 0 aromatic rings. The Balaban J connectivity index is 4.91. The van der Waals surface area contributed by atoms with Gasteiger partial charge in [-0.1, -0.05) is 13.8 Å². The second-order valence-electron chi connectivity index (χ2n) is 5.54. The summed E-state index contributed by atoms with van der Waals surface area (Å²) in [6.07, 6.45) is -1.05. The van der Waals surface area contributed by atoms with E-state index in [1.165, 1.54) is 6.92 Å². The minimum atomic E-state index is -1.36. The molecule has 0 radical (unpaired) electrons. The first-order valence-electron chi connectivity index (χ1n) is 6.98. The topological polar surface area (TPSA) is 162 Å². The lowest BCUT2D eigenvalue weighted by Crippen LogP contribution is -2.58. The molecule has 9 nitrogen and oxygen atoms in total. The monoisotopic (exact) mass is 319 g/mol. The first kappa shape index (κ1) is 20.3. The van der Waals surface area contributed by atoms with Gasteiger partial charge in [-0.2, -0.15) is 0 Å². The molecule has 22 heavy (non-hydrogen) atoms. The van der Waals surface area contributed by atoms with Crippen LogP contribution >= 0.6 is 0 Å². The number of nitrogens with one attached hydrogen (secondary N) is 2. The second-order valence-corrected chi connectivity index (χ2v) is 5.54. The van der Waals surface area contributed by atoms with Crippen LogP contribution in [0.3, 0.4) is 0 Å². The van der Waals surface area contributed by atoms with Crippen LogP contribution in [-0.2, 0) is 14.4 Å². The normalized spacial score (nSPS) is 16.5. The Hall–Kier alpha value is -1.71. The Kier molecular flexibility index (Phi) is 8.61. The number of carbonyl (C=O) groups excluding carboxylic acids is 2. The van der Waals surface area contributed by atoms with Crippen LogP contribution < -0.4 is 16.4 Å². The van der Waals surface area contributed by atoms with Crippen LogP contribution in [0, 0.1) is 5.92 Å². The molecule has 0 fully saturated rings. The van der Waals surface area contributed by atoms with Gasteiger partial charge < -0.3 is 31.7 Å². The smallest absolute Gasteiger partial charge is 0.326 e. The van der Waals surface area contributed by atoms with E-state index in [0.717, 1.165) is 0 Å². The van der Waals surface area contributed by atoms with Crippen molar-refractivity contribution in [2.24, 2.45) is 11.7 Å². The van der Waals surface area contributed by atoms with Gasteiger partial charge in [0, 0.05) is 0 Å². The number of aliphatic carboxylic acids is 1. The van der Waals surface area contributed by atoms with Crippen molar-refractivity contribution in [3.05, 3.63) is 0 Å². The molecule has 9 heteroatoms. The fourth-order valence-corrected chi connectivity index (χ4v) is 1.70. The molecule has 0 aliphatic carbocycles. The van der Waals surface area contributed by atoms with Crippen LogP contribution in [0.25, 0.3) is 0 Å². The summed E-state index contributed by atoms with van der Waals surface area (Å²) in [5.41, 5.74) is 5.31. The van der Waals surface area contributed by atoms with Crippen molar-refractivity contribution in [1.82, 2.24) is 10.6 Å². The highest BCUT2D eigenvalue weighted by Gasteiger charge is 2.30. The zero-order chi connectivity index (χ0) is 17.4. The molecule has 0 spiro atoms. The number of carboxylic acid groups (broad SMARTS) is 1. The van der Waals surface area contributed by atoms with E-state index in [1.54, 1.807) is 13.8 Å². The van der Waals surface area contributed by atoms with E-state index >= 15 is 0 Å².